The van der Waals surface area contributed by atoms with Crippen LogP contribution in [-0.4, -0.2) is 17.7 Å². The number of ether oxygens (including phenoxy) is 1. The third-order valence-corrected chi connectivity index (χ3v) is 3.22. The van der Waals surface area contributed by atoms with Crippen LogP contribution in [0.25, 0.3) is 11.1 Å². The van der Waals surface area contributed by atoms with E-state index in [1.807, 2.05) is 37.3 Å². The fourth-order valence-electron chi connectivity index (χ4n) is 2.17. The molecule has 0 aromatic heterocycles. The van der Waals surface area contributed by atoms with Gasteiger partial charge >= 0.3 is 5.97 Å². The Kier molecular flexibility index (Phi) is 5.16. The SMILES string of the molecule is CCCOc1ccc(-c2cccc(CC#N)c2)cc1C(=O)O. The molecule has 0 unspecified atom stereocenters. The molecule has 1 N–H and O–H groups in total. The average molecular weight is 295 g/mol. The molecule has 0 fully saturated rings. The number of carboxylic acid groups (broad SMARTS) is 1. The lowest BCUT2D eigenvalue weighted by Crippen LogP contribution is -2.04. The normalized spacial score (nSPS) is 10.0. The van der Waals surface area contributed by atoms with Gasteiger partial charge in [0.15, 0.2) is 0 Å². The zero-order valence-electron chi connectivity index (χ0n) is 12.4. The van der Waals surface area contributed by atoms with E-state index in [0.717, 1.165) is 23.1 Å². The first-order valence-corrected chi connectivity index (χ1v) is 7.12. The smallest absolute Gasteiger partial charge is 0.339 e. The Labute approximate surface area is 129 Å². The molecule has 0 aliphatic carbocycles. The van der Waals surface area contributed by atoms with Crippen LogP contribution in [0.1, 0.15) is 29.3 Å². The molecule has 0 bridgehead atoms. The van der Waals surface area contributed by atoms with Crippen molar-refractivity contribution < 1.29 is 14.6 Å². The number of carboxylic acids is 1. The molecular weight excluding hydrogens is 278 g/mol. The van der Waals surface area contributed by atoms with Crippen LogP contribution in [0.4, 0.5) is 0 Å². The molecule has 2 aromatic carbocycles. The monoisotopic (exact) mass is 295 g/mol. The van der Waals surface area contributed by atoms with Gasteiger partial charge in [0.25, 0.3) is 0 Å². The number of nitriles is 1. The molecule has 0 aliphatic rings. The van der Waals surface area contributed by atoms with E-state index in [-0.39, 0.29) is 5.56 Å². The zero-order valence-corrected chi connectivity index (χ0v) is 12.4. The van der Waals surface area contributed by atoms with Crippen LogP contribution in [0.15, 0.2) is 42.5 Å². The summed E-state index contributed by atoms with van der Waals surface area (Å²) < 4.78 is 5.48. The van der Waals surface area contributed by atoms with Crippen molar-refractivity contribution in [3.8, 4) is 22.9 Å². The molecule has 2 aromatic rings. The van der Waals surface area contributed by atoms with Crippen molar-refractivity contribution in [2.45, 2.75) is 19.8 Å². The third kappa shape index (κ3) is 3.64. The highest BCUT2D eigenvalue weighted by Gasteiger charge is 2.13. The lowest BCUT2D eigenvalue weighted by Gasteiger charge is -2.11. The summed E-state index contributed by atoms with van der Waals surface area (Å²) in [6, 6.07) is 14.8. The molecule has 0 spiro atoms. The van der Waals surface area contributed by atoms with E-state index in [2.05, 4.69) is 6.07 Å². The maximum absolute atomic E-state index is 11.4. The van der Waals surface area contributed by atoms with Crippen molar-refractivity contribution in [1.82, 2.24) is 0 Å². The minimum atomic E-state index is -1.01. The molecule has 2 rings (SSSR count). The number of benzene rings is 2. The van der Waals surface area contributed by atoms with Gasteiger partial charge in [0, 0.05) is 0 Å². The highest BCUT2D eigenvalue weighted by Crippen LogP contribution is 2.27. The first-order valence-electron chi connectivity index (χ1n) is 7.12. The molecule has 4 nitrogen and oxygen atoms in total. The number of carbonyl (C=O) groups is 1. The molecule has 0 atom stereocenters. The van der Waals surface area contributed by atoms with Crippen molar-refractivity contribution in [3.05, 3.63) is 53.6 Å². The first-order chi connectivity index (χ1) is 10.7. The van der Waals surface area contributed by atoms with Gasteiger partial charge in [-0.1, -0.05) is 37.3 Å². The number of hydrogen-bond donors (Lipinski definition) is 1. The van der Waals surface area contributed by atoms with E-state index in [1.165, 1.54) is 0 Å². The predicted molar refractivity (Wildman–Crippen MR) is 83.9 cm³/mol. The summed E-state index contributed by atoms with van der Waals surface area (Å²) in [7, 11) is 0. The van der Waals surface area contributed by atoms with Crippen LogP contribution in [0.5, 0.6) is 5.75 Å². The predicted octanol–water partition coefficient (Wildman–Crippen LogP) is 3.91. The second-order valence-corrected chi connectivity index (χ2v) is 4.90. The van der Waals surface area contributed by atoms with Crippen LogP contribution in [-0.2, 0) is 6.42 Å². The van der Waals surface area contributed by atoms with Gasteiger partial charge in [-0.25, -0.2) is 4.79 Å². The van der Waals surface area contributed by atoms with E-state index >= 15 is 0 Å². The Morgan fingerprint density at radius 1 is 1.23 bits per heavy atom. The summed E-state index contributed by atoms with van der Waals surface area (Å²) in [5.74, 6) is -0.632. The molecule has 112 valence electrons. The van der Waals surface area contributed by atoms with E-state index in [9.17, 15) is 9.90 Å². The molecule has 22 heavy (non-hydrogen) atoms. The van der Waals surface area contributed by atoms with Crippen molar-refractivity contribution in [1.29, 1.82) is 5.26 Å². The average Bonchev–Trinajstić information content (AvgIpc) is 2.53. The fourth-order valence-corrected chi connectivity index (χ4v) is 2.17. The van der Waals surface area contributed by atoms with Crippen LogP contribution < -0.4 is 4.74 Å². The van der Waals surface area contributed by atoms with Crippen molar-refractivity contribution in [2.24, 2.45) is 0 Å². The van der Waals surface area contributed by atoms with Gasteiger partial charge in [-0.15, -0.1) is 0 Å². The minimum Gasteiger partial charge on any atom is -0.493 e. The summed E-state index contributed by atoms with van der Waals surface area (Å²) in [5, 5.41) is 18.1. The highest BCUT2D eigenvalue weighted by molar-refractivity contribution is 5.92. The first kappa shape index (κ1) is 15.6. The number of rotatable bonds is 6. The Bertz CT molecular complexity index is 717. The molecule has 0 saturated carbocycles. The van der Waals surface area contributed by atoms with E-state index < -0.39 is 5.97 Å². The third-order valence-electron chi connectivity index (χ3n) is 3.22. The second-order valence-electron chi connectivity index (χ2n) is 4.90. The summed E-state index contributed by atoms with van der Waals surface area (Å²) in [4.78, 5) is 11.4. The van der Waals surface area contributed by atoms with Gasteiger partial charge in [0.05, 0.1) is 19.1 Å². The standard InChI is InChI=1S/C18H17NO3/c1-2-10-22-17-7-6-15(12-16(17)18(20)21)14-5-3-4-13(11-14)8-9-19/h3-7,11-12H,2,8,10H2,1H3,(H,20,21). The fraction of sp³-hybridized carbons (Fsp3) is 0.222. The van der Waals surface area contributed by atoms with Crippen LogP contribution >= 0.6 is 0 Å². The lowest BCUT2D eigenvalue weighted by molar-refractivity contribution is 0.0692. The quantitative estimate of drug-likeness (QED) is 0.877. The summed E-state index contributed by atoms with van der Waals surface area (Å²) in [6.45, 7) is 2.45. The van der Waals surface area contributed by atoms with Gasteiger partial charge in [-0.05, 0) is 35.2 Å². The minimum absolute atomic E-state index is 0.150. The van der Waals surface area contributed by atoms with Crippen molar-refractivity contribution >= 4 is 5.97 Å². The number of aromatic carboxylic acids is 1. The Morgan fingerprint density at radius 3 is 2.68 bits per heavy atom. The Balaban J connectivity index is 2.40. The number of nitrogens with zero attached hydrogens (tertiary/aromatic N) is 1. The molecule has 0 amide bonds. The van der Waals surface area contributed by atoms with Gasteiger partial charge in [-0.2, -0.15) is 5.26 Å². The van der Waals surface area contributed by atoms with Crippen LogP contribution in [0, 0.1) is 11.3 Å². The van der Waals surface area contributed by atoms with Gasteiger partial charge in [0.1, 0.15) is 11.3 Å². The summed E-state index contributed by atoms with van der Waals surface area (Å²) >= 11 is 0. The summed E-state index contributed by atoms with van der Waals surface area (Å²) in [5.41, 5.74) is 2.73. The van der Waals surface area contributed by atoms with Gasteiger partial charge < -0.3 is 9.84 Å². The second kappa shape index (κ2) is 7.28. The summed E-state index contributed by atoms with van der Waals surface area (Å²) in [6.07, 6.45) is 1.15. The van der Waals surface area contributed by atoms with E-state index in [4.69, 9.17) is 10.00 Å². The van der Waals surface area contributed by atoms with Gasteiger partial charge in [-0.3, -0.25) is 0 Å². The topological polar surface area (TPSA) is 70.3 Å². The molecule has 0 saturated heterocycles. The van der Waals surface area contributed by atoms with Crippen molar-refractivity contribution in [3.63, 3.8) is 0 Å². The molecule has 4 heteroatoms. The van der Waals surface area contributed by atoms with Crippen LogP contribution in [0.3, 0.4) is 0 Å². The molecule has 0 heterocycles. The lowest BCUT2D eigenvalue weighted by atomic mass is 10.00. The van der Waals surface area contributed by atoms with Crippen LogP contribution in [0.2, 0.25) is 0 Å². The van der Waals surface area contributed by atoms with E-state index in [1.54, 1.807) is 12.1 Å². The Hall–Kier alpha value is -2.80. The van der Waals surface area contributed by atoms with Crippen molar-refractivity contribution in [2.75, 3.05) is 6.61 Å². The van der Waals surface area contributed by atoms with E-state index in [0.29, 0.717) is 18.8 Å². The maximum atomic E-state index is 11.4. The zero-order chi connectivity index (χ0) is 15.9. The largest absolute Gasteiger partial charge is 0.493 e. The molecular formula is C18H17NO3. The molecule has 0 aliphatic heterocycles. The molecule has 0 radical (unpaired) electrons. The number of hydrogen-bond acceptors (Lipinski definition) is 3. The highest BCUT2D eigenvalue weighted by atomic mass is 16.5. The van der Waals surface area contributed by atoms with Gasteiger partial charge in [0.2, 0.25) is 0 Å². The Morgan fingerprint density at radius 2 is 2.00 bits per heavy atom. The maximum Gasteiger partial charge on any atom is 0.339 e.